The normalized spacial score (nSPS) is 20.0. The van der Waals surface area contributed by atoms with Crippen LogP contribution in [0.5, 0.6) is 5.75 Å². The summed E-state index contributed by atoms with van der Waals surface area (Å²) in [7, 11) is 0. The number of carbonyl (C=O) groups is 2. The number of anilines is 1. The predicted octanol–water partition coefficient (Wildman–Crippen LogP) is 5.30. The second-order valence-electron chi connectivity index (χ2n) is 9.18. The van der Waals surface area contributed by atoms with Gasteiger partial charge in [0.1, 0.15) is 17.3 Å². The summed E-state index contributed by atoms with van der Waals surface area (Å²) in [5.41, 5.74) is 1.06. The largest absolute Gasteiger partial charge is 0.494 e. The summed E-state index contributed by atoms with van der Waals surface area (Å²) in [6.07, 6.45) is 0.666. The molecular formula is C25H25FN2O5. The Balaban J connectivity index is 1.91. The van der Waals surface area contributed by atoms with E-state index in [0.717, 1.165) is 0 Å². The maximum absolute atomic E-state index is 13.5. The van der Waals surface area contributed by atoms with Crippen molar-refractivity contribution in [2.24, 2.45) is 5.41 Å². The standard InChI is InChI=1S/C25H25FN2O5/c1-4-33-17-9-10-19(20(11-17)28(31)32)27-21-13-25(2,3)14-22(29)24(21)18(12-23(27)30)15-5-7-16(26)8-6-15/h5-11,18H,4,12-14H2,1-3H3. The van der Waals surface area contributed by atoms with E-state index in [9.17, 15) is 24.1 Å². The summed E-state index contributed by atoms with van der Waals surface area (Å²) in [5, 5.41) is 11.9. The third-order valence-electron chi connectivity index (χ3n) is 6.11. The van der Waals surface area contributed by atoms with Crippen molar-refractivity contribution in [2.45, 2.75) is 46.0 Å². The van der Waals surface area contributed by atoms with Gasteiger partial charge in [-0.05, 0) is 48.6 Å². The number of hydrogen-bond acceptors (Lipinski definition) is 5. The number of halogens is 1. The Hall–Kier alpha value is -3.55. The third kappa shape index (κ3) is 4.25. The van der Waals surface area contributed by atoms with Crippen LogP contribution >= 0.6 is 0 Å². The second-order valence-corrected chi connectivity index (χ2v) is 9.18. The van der Waals surface area contributed by atoms with Crippen molar-refractivity contribution >= 4 is 23.1 Å². The van der Waals surface area contributed by atoms with E-state index < -0.39 is 22.1 Å². The van der Waals surface area contributed by atoms with Crippen LogP contribution in [-0.2, 0) is 9.59 Å². The van der Waals surface area contributed by atoms with Crippen LogP contribution in [0.1, 0.15) is 51.5 Å². The molecule has 0 bridgehead atoms. The molecule has 0 fully saturated rings. The molecule has 33 heavy (non-hydrogen) atoms. The van der Waals surface area contributed by atoms with Gasteiger partial charge < -0.3 is 4.74 Å². The molecule has 1 unspecified atom stereocenters. The van der Waals surface area contributed by atoms with Gasteiger partial charge >= 0.3 is 0 Å². The molecule has 8 heteroatoms. The van der Waals surface area contributed by atoms with Gasteiger partial charge in [-0.25, -0.2) is 4.39 Å². The summed E-state index contributed by atoms with van der Waals surface area (Å²) in [4.78, 5) is 39.4. The predicted molar refractivity (Wildman–Crippen MR) is 121 cm³/mol. The zero-order chi connectivity index (χ0) is 23.9. The lowest BCUT2D eigenvalue weighted by Gasteiger charge is -2.42. The summed E-state index contributed by atoms with van der Waals surface area (Å²) in [6.45, 7) is 5.99. The van der Waals surface area contributed by atoms with E-state index in [4.69, 9.17) is 4.74 Å². The summed E-state index contributed by atoms with van der Waals surface area (Å²) in [5.74, 6) is -1.04. The topological polar surface area (TPSA) is 89.8 Å². The second kappa shape index (κ2) is 8.42. The van der Waals surface area contributed by atoms with E-state index in [1.165, 1.54) is 29.2 Å². The summed E-state index contributed by atoms with van der Waals surface area (Å²) in [6, 6.07) is 10.2. The molecule has 1 aliphatic heterocycles. The molecular weight excluding hydrogens is 427 g/mol. The fraction of sp³-hybridized carbons (Fsp3) is 0.360. The molecule has 2 aromatic carbocycles. The number of nitro benzene ring substituents is 1. The van der Waals surface area contributed by atoms with E-state index in [2.05, 4.69) is 0 Å². The molecule has 172 valence electrons. The van der Waals surface area contributed by atoms with Crippen LogP contribution in [0, 0.1) is 21.3 Å². The zero-order valence-corrected chi connectivity index (χ0v) is 18.8. The first kappa shape index (κ1) is 22.6. The lowest BCUT2D eigenvalue weighted by molar-refractivity contribution is -0.384. The first-order valence-corrected chi connectivity index (χ1v) is 10.9. The van der Waals surface area contributed by atoms with Crippen LogP contribution in [-0.4, -0.2) is 23.2 Å². The van der Waals surface area contributed by atoms with Crippen LogP contribution in [0.4, 0.5) is 15.8 Å². The van der Waals surface area contributed by atoms with Gasteiger partial charge in [-0.3, -0.25) is 24.6 Å². The molecule has 0 radical (unpaired) electrons. The fourth-order valence-electron chi connectivity index (χ4n) is 4.77. The maximum Gasteiger partial charge on any atom is 0.297 e. The van der Waals surface area contributed by atoms with E-state index in [0.29, 0.717) is 42.0 Å². The zero-order valence-electron chi connectivity index (χ0n) is 18.8. The average Bonchev–Trinajstić information content (AvgIpc) is 2.73. The number of allylic oxidation sites excluding steroid dienone is 2. The molecule has 1 aliphatic carbocycles. The van der Waals surface area contributed by atoms with Crippen molar-refractivity contribution in [1.82, 2.24) is 0 Å². The van der Waals surface area contributed by atoms with Crippen molar-refractivity contribution in [2.75, 3.05) is 11.5 Å². The number of hydrogen-bond donors (Lipinski definition) is 0. The SMILES string of the molecule is CCOc1ccc(N2C(=O)CC(c3ccc(F)cc3)C3=C2CC(C)(C)CC3=O)c([N+](=O)[O-])c1. The number of ketones is 1. The molecule has 1 amide bonds. The van der Waals surface area contributed by atoms with Crippen LogP contribution in [0.25, 0.3) is 0 Å². The smallest absolute Gasteiger partial charge is 0.297 e. The van der Waals surface area contributed by atoms with Gasteiger partial charge in [0.15, 0.2) is 5.78 Å². The molecule has 1 atom stereocenters. The van der Waals surface area contributed by atoms with Crippen LogP contribution in [0.3, 0.4) is 0 Å². The van der Waals surface area contributed by atoms with Crippen molar-refractivity contribution in [3.63, 3.8) is 0 Å². The Bertz CT molecular complexity index is 1170. The quantitative estimate of drug-likeness (QED) is 0.454. The van der Waals surface area contributed by atoms with Crippen LogP contribution in [0.2, 0.25) is 0 Å². The highest BCUT2D eigenvalue weighted by atomic mass is 19.1. The minimum absolute atomic E-state index is 0.0407. The Labute approximate surface area is 191 Å². The summed E-state index contributed by atoms with van der Waals surface area (Å²) < 4.78 is 18.9. The number of ether oxygens (including phenoxy) is 1. The number of benzene rings is 2. The molecule has 2 aromatic rings. The Morgan fingerprint density at radius 1 is 1.15 bits per heavy atom. The number of nitro groups is 1. The summed E-state index contributed by atoms with van der Waals surface area (Å²) >= 11 is 0. The molecule has 7 nitrogen and oxygen atoms in total. The van der Waals surface area contributed by atoms with Gasteiger partial charge in [-0.1, -0.05) is 26.0 Å². The number of Topliss-reactive ketones (excluding diaryl/α,β-unsaturated/α-hetero) is 1. The maximum atomic E-state index is 13.5. The molecule has 4 rings (SSSR count). The molecule has 1 heterocycles. The highest BCUT2D eigenvalue weighted by Gasteiger charge is 2.45. The minimum atomic E-state index is -0.548. The highest BCUT2D eigenvalue weighted by molar-refractivity contribution is 6.08. The fourth-order valence-corrected chi connectivity index (χ4v) is 4.77. The Morgan fingerprint density at radius 2 is 1.85 bits per heavy atom. The van der Waals surface area contributed by atoms with E-state index in [1.54, 1.807) is 25.1 Å². The van der Waals surface area contributed by atoms with Crippen LogP contribution in [0.15, 0.2) is 53.7 Å². The average molecular weight is 452 g/mol. The minimum Gasteiger partial charge on any atom is -0.494 e. The van der Waals surface area contributed by atoms with Crippen LogP contribution < -0.4 is 9.64 Å². The van der Waals surface area contributed by atoms with Gasteiger partial charge in [0.25, 0.3) is 5.69 Å². The van der Waals surface area contributed by atoms with Crippen molar-refractivity contribution in [3.8, 4) is 5.75 Å². The number of amides is 1. The molecule has 2 aliphatic rings. The number of carbonyl (C=O) groups excluding carboxylic acids is 2. The van der Waals surface area contributed by atoms with Crippen molar-refractivity contribution in [1.29, 1.82) is 0 Å². The lowest BCUT2D eigenvalue weighted by atomic mass is 9.69. The first-order valence-electron chi connectivity index (χ1n) is 10.9. The first-order chi connectivity index (χ1) is 15.6. The lowest BCUT2D eigenvalue weighted by Crippen LogP contribution is -2.44. The van der Waals surface area contributed by atoms with Gasteiger partial charge in [0.2, 0.25) is 5.91 Å². The monoisotopic (exact) mass is 452 g/mol. The highest BCUT2D eigenvalue weighted by Crippen LogP contribution is 2.49. The molecule has 0 aromatic heterocycles. The number of rotatable bonds is 5. The molecule has 0 spiro atoms. The van der Waals surface area contributed by atoms with Gasteiger partial charge in [-0.15, -0.1) is 0 Å². The number of nitrogens with zero attached hydrogens (tertiary/aromatic N) is 2. The Morgan fingerprint density at radius 3 is 2.48 bits per heavy atom. The van der Waals surface area contributed by atoms with E-state index in [-0.39, 0.29) is 29.5 Å². The molecule has 0 N–H and O–H groups in total. The van der Waals surface area contributed by atoms with E-state index in [1.807, 2.05) is 13.8 Å². The van der Waals surface area contributed by atoms with Gasteiger partial charge in [0.05, 0.1) is 17.6 Å². The van der Waals surface area contributed by atoms with Gasteiger partial charge in [0, 0.05) is 30.0 Å². The van der Waals surface area contributed by atoms with E-state index >= 15 is 0 Å². The Kier molecular flexibility index (Phi) is 5.78. The van der Waals surface area contributed by atoms with Crippen molar-refractivity contribution < 1.29 is 23.6 Å². The molecule has 0 saturated carbocycles. The van der Waals surface area contributed by atoms with Gasteiger partial charge in [-0.2, -0.15) is 0 Å². The molecule has 0 saturated heterocycles. The third-order valence-corrected chi connectivity index (χ3v) is 6.11. The van der Waals surface area contributed by atoms with Crippen molar-refractivity contribution in [3.05, 3.63) is 75.2 Å².